The second-order valence-electron chi connectivity index (χ2n) is 8.92. The third-order valence-corrected chi connectivity index (χ3v) is 6.39. The molecule has 1 aliphatic carbocycles. The molecule has 2 aliphatic rings. The second kappa shape index (κ2) is 7.91. The van der Waals surface area contributed by atoms with E-state index in [0.29, 0.717) is 5.92 Å². The summed E-state index contributed by atoms with van der Waals surface area (Å²) in [7, 11) is 5.90. The van der Waals surface area contributed by atoms with E-state index in [0.717, 1.165) is 54.5 Å². The van der Waals surface area contributed by atoms with Crippen LogP contribution in [0.3, 0.4) is 0 Å². The van der Waals surface area contributed by atoms with Crippen LogP contribution >= 0.6 is 0 Å². The lowest BCUT2D eigenvalue weighted by Crippen LogP contribution is -2.47. The Bertz CT molecular complexity index is 1100. The van der Waals surface area contributed by atoms with Gasteiger partial charge in [0.05, 0.1) is 18.3 Å². The molecule has 2 fully saturated rings. The number of rotatable bonds is 5. The molecule has 2 aromatic carbocycles. The Balaban J connectivity index is 1.46. The van der Waals surface area contributed by atoms with Crippen molar-refractivity contribution in [2.45, 2.75) is 25.7 Å². The summed E-state index contributed by atoms with van der Waals surface area (Å²) in [4.78, 5) is 17.0. The number of benzene rings is 2. The third kappa shape index (κ3) is 3.87. The minimum absolute atomic E-state index is 0.537. The van der Waals surface area contributed by atoms with Crippen molar-refractivity contribution in [1.82, 2.24) is 9.97 Å². The summed E-state index contributed by atoms with van der Waals surface area (Å²) in [6.45, 7) is 5.88. The Morgan fingerprint density at radius 1 is 0.935 bits per heavy atom. The number of anilines is 3. The fourth-order valence-corrected chi connectivity index (χ4v) is 4.37. The fourth-order valence-electron chi connectivity index (χ4n) is 4.37. The van der Waals surface area contributed by atoms with E-state index >= 15 is 0 Å². The Hall–Kier alpha value is -3.02. The highest BCUT2D eigenvalue weighted by atomic mass is 16.5. The number of fused-ring (bicyclic) bond motifs is 1. The van der Waals surface area contributed by atoms with E-state index in [4.69, 9.17) is 14.7 Å². The number of piperazine rings is 1. The predicted molar refractivity (Wildman–Crippen MR) is 128 cm³/mol. The lowest BCUT2D eigenvalue weighted by atomic mass is 10.1. The van der Waals surface area contributed by atoms with Gasteiger partial charge in [-0.15, -0.1) is 0 Å². The molecule has 1 aliphatic heterocycles. The van der Waals surface area contributed by atoms with E-state index in [1.54, 1.807) is 7.11 Å². The Morgan fingerprint density at radius 2 is 1.68 bits per heavy atom. The van der Waals surface area contributed by atoms with Gasteiger partial charge in [0.25, 0.3) is 0 Å². The van der Waals surface area contributed by atoms with Crippen molar-refractivity contribution in [3.63, 3.8) is 0 Å². The van der Waals surface area contributed by atoms with Gasteiger partial charge >= 0.3 is 0 Å². The van der Waals surface area contributed by atoms with Gasteiger partial charge in [-0.05, 0) is 55.7 Å². The molecule has 6 nitrogen and oxygen atoms in total. The number of hydrogen-bond acceptors (Lipinski definition) is 6. The molecule has 162 valence electrons. The van der Waals surface area contributed by atoms with Gasteiger partial charge < -0.3 is 19.4 Å². The molecule has 0 N–H and O–H groups in total. The van der Waals surface area contributed by atoms with Gasteiger partial charge in [-0.2, -0.15) is 0 Å². The SMILES string of the molecule is COc1ccc(C)cc1N1CCN(c2nc(C3CC3)nc3ccc(N(C)C)cc23)CC1. The van der Waals surface area contributed by atoms with Crippen LogP contribution < -0.4 is 19.4 Å². The van der Waals surface area contributed by atoms with Gasteiger partial charge in [0.15, 0.2) is 0 Å². The van der Waals surface area contributed by atoms with E-state index in [1.807, 2.05) is 0 Å². The number of methoxy groups -OCH3 is 1. The molecule has 1 aromatic heterocycles. The zero-order valence-electron chi connectivity index (χ0n) is 18.9. The Kier molecular flexibility index (Phi) is 5.08. The number of nitrogens with zero attached hydrogens (tertiary/aromatic N) is 5. The van der Waals surface area contributed by atoms with Gasteiger partial charge in [0, 0.05) is 57.3 Å². The van der Waals surface area contributed by atoms with Crippen LogP contribution in [0.5, 0.6) is 5.75 Å². The third-order valence-electron chi connectivity index (χ3n) is 6.39. The van der Waals surface area contributed by atoms with Crippen molar-refractivity contribution in [3.8, 4) is 5.75 Å². The first kappa shape index (κ1) is 19.9. The molecule has 0 radical (unpaired) electrons. The van der Waals surface area contributed by atoms with Crippen LogP contribution in [0.2, 0.25) is 0 Å². The predicted octanol–water partition coefficient (Wildman–Crippen LogP) is 4.22. The molecule has 0 bridgehead atoms. The number of hydrogen-bond donors (Lipinski definition) is 0. The van der Waals surface area contributed by atoms with E-state index in [-0.39, 0.29) is 0 Å². The molecular formula is C25H31N5O. The molecule has 3 aromatic rings. The molecule has 31 heavy (non-hydrogen) atoms. The first-order chi connectivity index (χ1) is 15.0. The van der Waals surface area contributed by atoms with Crippen molar-refractivity contribution in [2.24, 2.45) is 0 Å². The van der Waals surface area contributed by atoms with E-state index in [2.05, 4.69) is 72.1 Å². The standard InChI is InChI=1S/C25H31N5O/c1-17-5-10-23(31-4)22(15-17)29-11-13-30(14-12-29)25-20-16-19(28(2)3)8-9-21(20)26-24(27-25)18-6-7-18/h5,8-10,15-16,18H,6-7,11-14H2,1-4H3. The van der Waals surface area contributed by atoms with Crippen LogP contribution in [-0.4, -0.2) is 57.4 Å². The highest BCUT2D eigenvalue weighted by Crippen LogP contribution is 2.40. The lowest BCUT2D eigenvalue weighted by molar-refractivity contribution is 0.413. The summed E-state index contributed by atoms with van der Waals surface area (Å²) in [6, 6.07) is 12.9. The number of aromatic nitrogens is 2. The van der Waals surface area contributed by atoms with Crippen LogP contribution in [0, 0.1) is 6.92 Å². The van der Waals surface area contributed by atoms with Crippen molar-refractivity contribution >= 4 is 28.1 Å². The smallest absolute Gasteiger partial charge is 0.142 e. The molecule has 6 heteroatoms. The van der Waals surface area contributed by atoms with Crippen LogP contribution in [-0.2, 0) is 0 Å². The van der Waals surface area contributed by atoms with Gasteiger partial charge in [0.2, 0.25) is 0 Å². The summed E-state index contributed by atoms with van der Waals surface area (Å²) >= 11 is 0. The van der Waals surface area contributed by atoms with Crippen LogP contribution in [0.15, 0.2) is 36.4 Å². The van der Waals surface area contributed by atoms with Crippen molar-refractivity contribution in [3.05, 3.63) is 47.8 Å². The molecule has 0 spiro atoms. The topological polar surface area (TPSA) is 44.7 Å². The van der Waals surface area contributed by atoms with Crippen molar-refractivity contribution in [2.75, 3.05) is 62.1 Å². The molecule has 5 rings (SSSR count). The largest absolute Gasteiger partial charge is 0.495 e. The van der Waals surface area contributed by atoms with Crippen LogP contribution in [0.4, 0.5) is 17.2 Å². The Morgan fingerprint density at radius 3 is 2.35 bits per heavy atom. The number of aryl methyl sites for hydroxylation is 1. The van der Waals surface area contributed by atoms with Gasteiger partial charge in [-0.25, -0.2) is 9.97 Å². The first-order valence-electron chi connectivity index (χ1n) is 11.2. The summed E-state index contributed by atoms with van der Waals surface area (Å²) in [6.07, 6.45) is 2.42. The maximum Gasteiger partial charge on any atom is 0.142 e. The normalized spacial score (nSPS) is 16.6. The second-order valence-corrected chi connectivity index (χ2v) is 8.92. The zero-order valence-corrected chi connectivity index (χ0v) is 18.9. The monoisotopic (exact) mass is 417 g/mol. The minimum Gasteiger partial charge on any atom is -0.495 e. The van der Waals surface area contributed by atoms with E-state index in [1.165, 1.54) is 29.8 Å². The molecule has 1 saturated heterocycles. The minimum atomic E-state index is 0.537. The molecule has 0 amide bonds. The van der Waals surface area contributed by atoms with E-state index < -0.39 is 0 Å². The molecule has 0 atom stereocenters. The first-order valence-corrected chi connectivity index (χ1v) is 11.2. The van der Waals surface area contributed by atoms with E-state index in [9.17, 15) is 0 Å². The lowest BCUT2D eigenvalue weighted by Gasteiger charge is -2.37. The zero-order chi connectivity index (χ0) is 21.5. The highest BCUT2D eigenvalue weighted by Gasteiger charge is 2.29. The highest BCUT2D eigenvalue weighted by molar-refractivity contribution is 5.92. The average molecular weight is 418 g/mol. The van der Waals surface area contributed by atoms with Gasteiger partial charge in [-0.1, -0.05) is 6.07 Å². The summed E-state index contributed by atoms with van der Waals surface area (Å²) in [5.74, 6) is 3.59. The van der Waals surface area contributed by atoms with Crippen molar-refractivity contribution < 1.29 is 4.74 Å². The fraction of sp³-hybridized carbons (Fsp3) is 0.440. The Labute approximate surface area is 184 Å². The summed E-state index contributed by atoms with van der Waals surface area (Å²) < 4.78 is 5.63. The maximum absolute atomic E-state index is 5.63. The van der Waals surface area contributed by atoms with Crippen LogP contribution in [0.25, 0.3) is 10.9 Å². The quantitative estimate of drug-likeness (QED) is 0.619. The average Bonchev–Trinajstić information content (AvgIpc) is 3.63. The molecule has 1 saturated carbocycles. The maximum atomic E-state index is 5.63. The van der Waals surface area contributed by atoms with Gasteiger partial charge in [0.1, 0.15) is 17.4 Å². The summed E-state index contributed by atoms with van der Waals surface area (Å²) in [5.41, 5.74) is 4.67. The molecule has 2 heterocycles. The molecular weight excluding hydrogens is 386 g/mol. The number of ether oxygens (including phenoxy) is 1. The molecule has 0 unspecified atom stereocenters. The summed E-state index contributed by atoms with van der Waals surface area (Å²) in [5, 5.41) is 1.15. The van der Waals surface area contributed by atoms with Crippen molar-refractivity contribution in [1.29, 1.82) is 0 Å². The van der Waals surface area contributed by atoms with Crippen LogP contribution in [0.1, 0.15) is 30.1 Å². The van der Waals surface area contributed by atoms with Gasteiger partial charge in [-0.3, -0.25) is 0 Å².